The molecule has 0 saturated heterocycles. The van der Waals surface area contributed by atoms with E-state index in [9.17, 15) is 18.5 Å². The summed E-state index contributed by atoms with van der Waals surface area (Å²) >= 11 is 0. The summed E-state index contributed by atoms with van der Waals surface area (Å²) in [5, 5.41) is 10.7. The van der Waals surface area contributed by atoms with Gasteiger partial charge >= 0.3 is 0 Å². The molecule has 1 aromatic rings. The highest BCUT2D eigenvalue weighted by atomic mass is 32.2. The first-order chi connectivity index (χ1) is 9.25. The SMILES string of the molecule is COc1cc([N+](=O)[O-])ccc1S(=O)(=O)N(C)C(C)CN. The highest BCUT2D eigenvalue weighted by molar-refractivity contribution is 7.89. The molecule has 0 amide bonds. The molecule has 1 atom stereocenters. The van der Waals surface area contributed by atoms with Gasteiger partial charge < -0.3 is 10.5 Å². The van der Waals surface area contributed by atoms with Crippen LogP contribution in [0.5, 0.6) is 5.75 Å². The summed E-state index contributed by atoms with van der Waals surface area (Å²) in [7, 11) is -1.18. The van der Waals surface area contributed by atoms with Crippen LogP contribution >= 0.6 is 0 Å². The summed E-state index contributed by atoms with van der Waals surface area (Å²) in [5.41, 5.74) is 5.21. The van der Waals surface area contributed by atoms with Crippen LogP contribution in [0.25, 0.3) is 0 Å². The van der Waals surface area contributed by atoms with Crippen molar-refractivity contribution in [3.05, 3.63) is 28.3 Å². The van der Waals surface area contributed by atoms with Gasteiger partial charge in [-0.05, 0) is 13.0 Å². The second-order valence-corrected chi connectivity index (χ2v) is 6.16. The van der Waals surface area contributed by atoms with Crippen LogP contribution in [-0.2, 0) is 10.0 Å². The molecule has 0 bridgehead atoms. The smallest absolute Gasteiger partial charge is 0.273 e. The number of benzene rings is 1. The van der Waals surface area contributed by atoms with Gasteiger partial charge in [0.1, 0.15) is 10.6 Å². The van der Waals surface area contributed by atoms with Crippen molar-refractivity contribution in [1.29, 1.82) is 0 Å². The fourth-order valence-corrected chi connectivity index (χ4v) is 3.03. The second-order valence-electron chi connectivity index (χ2n) is 4.20. The lowest BCUT2D eigenvalue weighted by Gasteiger charge is -2.23. The number of hydrogen-bond donors (Lipinski definition) is 1. The molecule has 1 aromatic carbocycles. The van der Waals surface area contributed by atoms with E-state index < -0.39 is 21.0 Å². The molecule has 0 spiro atoms. The highest BCUT2D eigenvalue weighted by Crippen LogP contribution is 2.30. The molecule has 9 heteroatoms. The minimum absolute atomic E-state index is 0.0738. The van der Waals surface area contributed by atoms with E-state index in [4.69, 9.17) is 10.5 Å². The third-order valence-electron chi connectivity index (χ3n) is 2.98. The quantitative estimate of drug-likeness (QED) is 0.606. The topological polar surface area (TPSA) is 116 Å². The fraction of sp³-hybridized carbons (Fsp3) is 0.455. The Kier molecular flexibility index (Phi) is 5.03. The number of hydrogen-bond acceptors (Lipinski definition) is 6. The molecule has 0 aliphatic rings. The van der Waals surface area contributed by atoms with Crippen LogP contribution in [0.4, 0.5) is 5.69 Å². The van der Waals surface area contributed by atoms with Crippen molar-refractivity contribution in [3.8, 4) is 5.75 Å². The summed E-state index contributed by atoms with van der Waals surface area (Å²) < 4.78 is 30.9. The monoisotopic (exact) mass is 303 g/mol. The Morgan fingerprint density at radius 1 is 1.50 bits per heavy atom. The summed E-state index contributed by atoms with van der Waals surface area (Å²) in [6.07, 6.45) is 0. The molecule has 0 fully saturated rings. The number of nitrogens with two attached hydrogens (primary N) is 1. The van der Waals surface area contributed by atoms with Crippen LogP contribution in [0.1, 0.15) is 6.92 Å². The Hall–Kier alpha value is -1.71. The van der Waals surface area contributed by atoms with E-state index in [1.165, 1.54) is 14.2 Å². The molecule has 1 unspecified atom stereocenters. The molecule has 2 N–H and O–H groups in total. The van der Waals surface area contributed by atoms with Crippen LogP contribution < -0.4 is 10.5 Å². The van der Waals surface area contributed by atoms with Crippen LogP contribution in [0, 0.1) is 10.1 Å². The van der Waals surface area contributed by atoms with Crippen molar-refractivity contribution < 1.29 is 18.1 Å². The van der Waals surface area contributed by atoms with Crippen LogP contribution in [0.2, 0.25) is 0 Å². The van der Waals surface area contributed by atoms with Gasteiger partial charge in [-0.25, -0.2) is 8.42 Å². The summed E-state index contributed by atoms with van der Waals surface area (Å²) in [4.78, 5) is 9.94. The van der Waals surface area contributed by atoms with Gasteiger partial charge in [0.2, 0.25) is 10.0 Å². The average Bonchev–Trinajstić information content (AvgIpc) is 2.44. The van der Waals surface area contributed by atoms with E-state index in [2.05, 4.69) is 0 Å². The zero-order chi connectivity index (χ0) is 15.5. The Balaban J connectivity index is 3.35. The van der Waals surface area contributed by atoms with E-state index in [-0.39, 0.29) is 22.9 Å². The zero-order valence-corrected chi connectivity index (χ0v) is 12.3. The number of methoxy groups -OCH3 is 1. The molecule has 0 aliphatic heterocycles. The number of rotatable bonds is 6. The number of nitro benzene ring substituents is 1. The van der Waals surface area contributed by atoms with E-state index in [0.29, 0.717) is 0 Å². The maximum atomic E-state index is 12.4. The average molecular weight is 303 g/mol. The van der Waals surface area contributed by atoms with Gasteiger partial charge in [-0.15, -0.1) is 0 Å². The van der Waals surface area contributed by atoms with Crippen LogP contribution in [0.3, 0.4) is 0 Å². The van der Waals surface area contributed by atoms with Crippen molar-refractivity contribution >= 4 is 15.7 Å². The van der Waals surface area contributed by atoms with Gasteiger partial charge in [-0.1, -0.05) is 0 Å². The molecule has 8 nitrogen and oxygen atoms in total. The van der Waals surface area contributed by atoms with Crippen LogP contribution in [0.15, 0.2) is 23.1 Å². The Morgan fingerprint density at radius 3 is 2.55 bits per heavy atom. The number of likely N-dealkylation sites (N-methyl/N-ethyl adjacent to an activating group) is 1. The van der Waals surface area contributed by atoms with Crippen molar-refractivity contribution in [3.63, 3.8) is 0 Å². The molecule has 0 heterocycles. The molecular formula is C11H17N3O5S. The lowest BCUT2D eigenvalue weighted by atomic mass is 10.3. The summed E-state index contributed by atoms with van der Waals surface area (Å²) in [6.45, 7) is 1.82. The van der Waals surface area contributed by atoms with Crippen molar-refractivity contribution in [1.82, 2.24) is 4.31 Å². The minimum atomic E-state index is -3.83. The predicted octanol–water partition coefficient (Wildman–Crippen LogP) is 0.571. The number of sulfonamides is 1. The normalized spacial score (nSPS) is 13.2. The Morgan fingerprint density at radius 2 is 2.10 bits per heavy atom. The Labute approximate surface area is 117 Å². The fourth-order valence-electron chi connectivity index (χ4n) is 1.52. The maximum Gasteiger partial charge on any atom is 0.273 e. The number of ether oxygens (including phenoxy) is 1. The van der Waals surface area contributed by atoms with Gasteiger partial charge in [0.25, 0.3) is 5.69 Å². The summed E-state index contributed by atoms with van der Waals surface area (Å²) in [6, 6.07) is 2.95. The lowest BCUT2D eigenvalue weighted by molar-refractivity contribution is -0.385. The number of nitrogens with zero attached hydrogens (tertiary/aromatic N) is 2. The zero-order valence-electron chi connectivity index (χ0n) is 11.4. The first kappa shape index (κ1) is 16.3. The van der Waals surface area contributed by atoms with Crippen molar-refractivity contribution in [2.45, 2.75) is 17.9 Å². The van der Waals surface area contributed by atoms with Gasteiger partial charge in [0.15, 0.2) is 0 Å². The van der Waals surface area contributed by atoms with E-state index in [0.717, 1.165) is 22.5 Å². The third kappa shape index (κ3) is 3.06. The third-order valence-corrected chi connectivity index (χ3v) is 4.99. The molecule has 20 heavy (non-hydrogen) atoms. The van der Waals surface area contributed by atoms with E-state index in [1.54, 1.807) is 6.92 Å². The lowest BCUT2D eigenvalue weighted by Crippen LogP contribution is -2.39. The largest absolute Gasteiger partial charge is 0.495 e. The van der Waals surface area contributed by atoms with E-state index >= 15 is 0 Å². The molecule has 0 radical (unpaired) electrons. The first-order valence-electron chi connectivity index (χ1n) is 5.76. The highest BCUT2D eigenvalue weighted by Gasteiger charge is 2.29. The summed E-state index contributed by atoms with van der Waals surface area (Å²) in [5.74, 6) is -0.0738. The molecule has 1 rings (SSSR count). The predicted molar refractivity (Wildman–Crippen MR) is 73.1 cm³/mol. The second kappa shape index (κ2) is 6.16. The van der Waals surface area contributed by atoms with Gasteiger partial charge in [0.05, 0.1) is 18.1 Å². The maximum absolute atomic E-state index is 12.4. The molecule has 0 saturated carbocycles. The molecule has 0 aliphatic carbocycles. The van der Waals surface area contributed by atoms with Gasteiger partial charge in [-0.3, -0.25) is 10.1 Å². The van der Waals surface area contributed by atoms with Gasteiger partial charge in [0, 0.05) is 25.7 Å². The van der Waals surface area contributed by atoms with Gasteiger partial charge in [-0.2, -0.15) is 4.31 Å². The van der Waals surface area contributed by atoms with Crippen molar-refractivity contribution in [2.75, 3.05) is 20.7 Å². The standard InChI is InChI=1S/C11H17N3O5S/c1-8(7-12)13(2)20(17,18)11-5-4-9(14(15)16)6-10(11)19-3/h4-6,8H,7,12H2,1-3H3. The molecular weight excluding hydrogens is 286 g/mol. The molecule has 0 aromatic heterocycles. The number of non-ortho nitro benzene ring substituents is 1. The minimum Gasteiger partial charge on any atom is -0.495 e. The number of nitro groups is 1. The Bertz CT molecular complexity index is 602. The van der Waals surface area contributed by atoms with Crippen LogP contribution in [-0.4, -0.2) is 44.4 Å². The first-order valence-corrected chi connectivity index (χ1v) is 7.20. The van der Waals surface area contributed by atoms with E-state index in [1.807, 2.05) is 0 Å². The van der Waals surface area contributed by atoms with Crippen molar-refractivity contribution in [2.24, 2.45) is 5.73 Å². The molecule has 112 valence electrons.